The Balaban J connectivity index is 2.03. The summed E-state index contributed by atoms with van der Waals surface area (Å²) in [7, 11) is 0. The highest BCUT2D eigenvalue weighted by molar-refractivity contribution is 6.01. The maximum absolute atomic E-state index is 13.6. The Hall–Kier alpha value is -2.89. The maximum atomic E-state index is 13.6. The molecule has 0 aromatic heterocycles. The number of benzene rings is 2. The molecule has 0 bridgehead atoms. The molecular formula is C18H19FN2O3. The smallest absolute Gasteiger partial charge is 0.254 e. The molecule has 0 radical (unpaired) electrons. The van der Waals surface area contributed by atoms with Crippen molar-refractivity contribution >= 4 is 17.5 Å². The fourth-order valence-corrected chi connectivity index (χ4v) is 2.08. The van der Waals surface area contributed by atoms with Crippen LogP contribution in [0.15, 0.2) is 48.5 Å². The molecule has 2 aromatic rings. The van der Waals surface area contributed by atoms with Crippen molar-refractivity contribution in [2.24, 2.45) is 0 Å². The van der Waals surface area contributed by atoms with Gasteiger partial charge in [0, 0.05) is 0 Å². The van der Waals surface area contributed by atoms with E-state index in [0.717, 1.165) is 0 Å². The second-order valence-electron chi connectivity index (χ2n) is 5.09. The average molecular weight is 330 g/mol. The fraction of sp³-hybridized carbons (Fsp3) is 0.222. The van der Waals surface area contributed by atoms with E-state index in [4.69, 9.17) is 4.74 Å². The van der Waals surface area contributed by atoms with Gasteiger partial charge in [-0.25, -0.2) is 4.39 Å². The zero-order valence-electron chi connectivity index (χ0n) is 13.5. The zero-order valence-corrected chi connectivity index (χ0v) is 13.5. The second-order valence-corrected chi connectivity index (χ2v) is 5.09. The average Bonchev–Trinajstić information content (AvgIpc) is 2.57. The van der Waals surface area contributed by atoms with E-state index in [2.05, 4.69) is 10.6 Å². The predicted molar refractivity (Wildman–Crippen MR) is 89.6 cm³/mol. The Labute approximate surface area is 139 Å². The lowest BCUT2D eigenvalue weighted by molar-refractivity contribution is -0.117. The van der Waals surface area contributed by atoms with Crippen molar-refractivity contribution in [1.29, 1.82) is 0 Å². The van der Waals surface area contributed by atoms with Gasteiger partial charge in [0.1, 0.15) is 17.6 Å². The van der Waals surface area contributed by atoms with Crippen molar-refractivity contribution in [1.82, 2.24) is 5.32 Å². The van der Waals surface area contributed by atoms with Gasteiger partial charge in [-0.15, -0.1) is 0 Å². The number of anilines is 1. The monoisotopic (exact) mass is 330 g/mol. The van der Waals surface area contributed by atoms with Crippen molar-refractivity contribution in [3.05, 3.63) is 59.9 Å². The molecule has 126 valence electrons. The lowest BCUT2D eigenvalue weighted by Gasteiger charge is -2.16. The van der Waals surface area contributed by atoms with Gasteiger partial charge in [0.25, 0.3) is 5.91 Å². The van der Waals surface area contributed by atoms with Crippen molar-refractivity contribution < 1.29 is 18.7 Å². The fourth-order valence-electron chi connectivity index (χ4n) is 2.08. The molecule has 6 heteroatoms. The molecule has 0 aliphatic heterocycles. The van der Waals surface area contributed by atoms with Crippen LogP contribution in [0.4, 0.5) is 10.1 Å². The van der Waals surface area contributed by atoms with E-state index in [0.29, 0.717) is 18.0 Å². The molecule has 24 heavy (non-hydrogen) atoms. The number of para-hydroxylation sites is 2. The van der Waals surface area contributed by atoms with E-state index in [1.54, 1.807) is 30.3 Å². The molecule has 0 aliphatic rings. The predicted octanol–water partition coefficient (Wildman–Crippen LogP) is 2.98. The third-order valence-corrected chi connectivity index (χ3v) is 3.30. The molecule has 0 spiro atoms. The van der Waals surface area contributed by atoms with Gasteiger partial charge < -0.3 is 15.4 Å². The van der Waals surface area contributed by atoms with Gasteiger partial charge in [-0.05, 0) is 38.1 Å². The zero-order chi connectivity index (χ0) is 17.5. The topological polar surface area (TPSA) is 67.4 Å². The molecule has 0 saturated carbocycles. The van der Waals surface area contributed by atoms with Crippen molar-refractivity contribution in [2.45, 2.75) is 19.9 Å². The van der Waals surface area contributed by atoms with Crippen molar-refractivity contribution in [3.8, 4) is 5.75 Å². The van der Waals surface area contributed by atoms with Crippen molar-refractivity contribution in [3.63, 3.8) is 0 Å². The van der Waals surface area contributed by atoms with Crippen LogP contribution >= 0.6 is 0 Å². The maximum Gasteiger partial charge on any atom is 0.254 e. The number of carbonyl (C=O) groups is 2. The summed E-state index contributed by atoms with van der Waals surface area (Å²) in [4.78, 5) is 24.3. The van der Waals surface area contributed by atoms with Crippen LogP contribution < -0.4 is 15.4 Å². The van der Waals surface area contributed by atoms with Gasteiger partial charge in [-0.1, -0.05) is 24.3 Å². The number of halogens is 1. The Morgan fingerprint density at radius 2 is 1.79 bits per heavy atom. The van der Waals surface area contributed by atoms with Crippen LogP contribution in [0, 0.1) is 5.82 Å². The van der Waals surface area contributed by atoms with E-state index in [1.165, 1.54) is 25.1 Å². The van der Waals surface area contributed by atoms with Crippen LogP contribution in [0.5, 0.6) is 5.75 Å². The molecule has 1 atom stereocenters. The first-order chi connectivity index (χ1) is 11.5. The van der Waals surface area contributed by atoms with Crippen LogP contribution in [0.2, 0.25) is 0 Å². The summed E-state index contributed by atoms with van der Waals surface area (Å²) in [6, 6.07) is 11.8. The largest absolute Gasteiger partial charge is 0.492 e. The summed E-state index contributed by atoms with van der Waals surface area (Å²) in [5, 5.41) is 5.17. The summed E-state index contributed by atoms with van der Waals surface area (Å²) in [6.07, 6.45) is 0. The second kappa shape index (κ2) is 8.10. The molecule has 0 unspecified atom stereocenters. The van der Waals surface area contributed by atoms with Gasteiger partial charge in [0.05, 0.1) is 17.9 Å². The summed E-state index contributed by atoms with van der Waals surface area (Å²) in [5.74, 6) is -1.16. The summed E-state index contributed by atoms with van der Waals surface area (Å²) in [5.41, 5.74) is 0.406. The molecular weight excluding hydrogens is 311 g/mol. The van der Waals surface area contributed by atoms with E-state index >= 15 is 0 Å². The SMILES string of the molecule is CCOc1ccccc1NC(=O)[C@H](C)NC(=O)c1ccccc1F. The van der Waals surface area contributed by atoms with Crippen LogP contribution in [0.1, 0.15) is 24.2 Å². The Bertz CT molecular complexity index is 734. The number of hydrogen-bond donors (Lipinski definition) is 2. The molecule has 5 nitrogen and oxygen atoms in total. The Morgan fingerprint density at radius 1 is 1.12 bits per heavy atom. The van der Waals surface area contributed by atoms with Gasteiger partial charge in [0.15, 0.2) is 0 Å². The minimum Gasteiger partial charge on any atom is -0.492 e. The molecule has 0 aliphatic carbocycles. The van der Waals surface area contributed by atoms with E-state index < -0.39 is 23.7 Å². The number of amides is 2. The first kappa shape index (κ1) is 17.5. The minimum absolute atomic E-state index is 0.105. The van der Waals surface area contributed by atoms with Crippen LogP contribution in [0.3, 0.4) is 0 Å². The summed E-state index contributed by atoms with van der Waals surface area (Å²) >= 11 is 0. The van der Waals surface area contributed by atoms with Gasteiger partial charge in [-0.3, -0.25) is 9.59 Å². The number of rotatable bonds is 6. The quantitative estimate of drug-likeness (QED) is 0.856. The van der Waals surface area contributed by atoms with Gasteiger partial charge in [-0.2, -0.15) is 0 Å². The van der Waals surface area contributed by atoms with E-state index in [1.807, 2.05) is 6.92 Å². The molecule has 2 N–H and O–H groups in total. The normalized spacial score (nSPS) is 11.5. The molecule has 2 aromatic carbocycles. The third-order valence-electron chi connectivity index (χ3n) is 3.30. The molecule has 0 fully saturated rings. The first-order valence-corrected chi connectivity index (χ1v) is 7.61. The van der Waals surface area contributed by atoms with E-state index in [-0.39, 0.29) is 5.56 Å². The van der Waals surface area contributed by atoms with Gasteiger partial charge >= 0.3 is 0 Å². The number of carbonyl (C=O) groups excluding carboxylic acids is 2. The summed E-state index contributed by atoms with van der Waals surface area (Å²) in [6.45, 7) is 3.83. The number of hydrogen-bond acceptors (Lipinski definition) is 3. The van der Waals surface area contributed by atoms with Crippen LogP contribution in [0.25, 0.3) is 0 Å². The highest BCUT2D eigenvalue weighted by Crippen LogP contribution is 2.23. The van der Waals surface area contributed by atoms with E-state index in [9.17, 15) is 14.0 Å². The molecule has 0 saturated heterocycles. The standard InChI is InChI=1S/C18H19FN2O3/c1-3-24-16-11-7-6-10-15(16)21-17(22)12(2)20-18(23)13-8-4-5-9-14(13)19/h4-12H,3H2,1-2H3,(H,20,23)(H,21,22)/t12-/m0/s1. The first-order valence-electron chi connectivity index (χ1n) is 7.61. The number of ether oxygens (including phenoxy) is 1. The molecule has 0 heterocycles. The van der Waals surface area contributed by atoms with Gasteiger partial charge in [0.2, 0.25) is 5.91 Å². The third kappa shape index (κ3) is 4.32. The number of nitrogens with one attached hydrogen (secondary N) is 2. The highest BCUT2D eigenvalue weighted by atomic mass is 19.1. The minimum atomic E-state index is -0.841. The summed E-state index contributed by atoms with van der Waals surface area (Å²) < 4.78 is 19.0. The van der Waals surface area contributed by atoms with Crippen molar-refractivity contribution in [2.75, 3.05) is 11.9 Å². The van der Waals surface area contributed by atoms with Crippen LogP contribution in [-0.4, -0.2) is 24.5 Å². The van der Waals surface area contributed by atoms with Crippen LogP contribution in [-0.2, 0) is 4.79 Å². The molecule has 2 amide bonds. The highest BCUT2D eigenvalue weighted by Gasteiger charge is 2.19. The lowest BCUT2D eigenvalue weighted by atomic mass is 10.2. The Morgan fingerprint density at radius 3 is 2.50 bits per heavy atom. The lowest BCUT2D eigenvalue weighted by Crippen LogP contribution is -2.41. The molecule has 2 rings (SSSR count). The Kier molecular flexibility index (Phi) is 5.89.